The summed E-state index contributed by atoms with van der Waals surface area (Å²) in [4.78, 5) is 14.5. The van der Waals surface area contributed by atoms with E-state index in [0.29, 0.717) is 18.1 Å². The summed E-state index contributed by atoms with van der Waals surface area (Å²) in [6, 6.07) is 4.93. The van der Waals surface area contributed by atoms with E-state index in [9.17, 15) is 13.2 Å². The minimum Gasteiger partial charge on any atom is -0.376 e. The summed E-state index contributed by atoms with van der Waals surface area (Å²) in [5.74, 6) is -0.583. The summed E-state index contributed by atoms with van der Waals surface area (Å²) in [7, 11) is -3.79. The van der Waals surface area contributed by atoms with Gasteiger partial charge in [-0.1, -0.05) is 0 Å². The van der Waals surface area contributed by atoms with Gasteiger partial charge in [0.05, 0.1) is 18.1 Å². The molecule has 0 bridgehead atoms. The molecule has 0 saturated carbocycles. The molecule has 21 heavy (non-hydrogen) atoms. The summed E-state index contributed by atoms with van der Waals surface area (Å²) in [6.07, 6.45) is 0.768. The number of fused-ring (bicyclic) bond motifs is 1. The van der Waals surface area contributed by atoms with Crippen LogP contribution in [0.2, 0.25) is 0 Å². The van der Waals surface area contributed by atoms with Crippen LogP contribution in [0, 0.1) is 6.92 Å². The van der Waals surface area contributed by atoms with E-state index in [1.807, 2.05) is 6.92 Å². The zero-order valence-corrected chi connectivity index (χ0v) is 13.7. The maximum absolute atomic E-state index is 12.1. The molecule has 2 aromatic rings. The predicted molar refractivity (Wildman–Crippen MR) is 81.4 cm³/mol. The molecule has 0 atom stereocenters. The van der Waals surface area contributed by atoms with Crippen LogP contribution in [0.25, 0.3) is 0 Å². The quantitative estimate of drug-likeness (QED) is 0.928. The summed E-state index contributed by atoms with van der Waals surface area (Å²) in [5.41, 5.74) is 0.973. The van der Waals surface area contributed by atoms with Crippen molar-refractivity contribution < 1.29 is 17.9 Å². The SMILES string of the molecule is Cc1ccc(S(=O)(=O)NC(=O)c2cc3c(s2)CCOC3)s1. The molecule has 0 radical (unpaired) electrons. The Morgan fingerprint density at radius 1 is 1.33 bits per heavy atom. The highest BCUT2D eigenvalue weighted by Crippen LogP contribution is 2.27. The van der Waals surface area contributed by atoms with Gasteiger partial charge in [-0.25, -0.2) is 13.1 Å². The monoisotopic (exact) mass is 343 g/mol. The van der Waals surface area contributed by atoms with Crippen LogP contribution in [-0.2, 0) is 27.8 Å². The normalized spacial score (nSPS) is 14.7. The van der Waals surface area contributed by atoms with Gasteiger partial charge < -0.3 is 4.74 Å². The van der Waals surface area contributed by atoms with Crippen molar-refractivity contribution in [3.8, 4) is 0 Å². The van der Waals surface area contributed by atoms with Crippen molar-refractivity contribution in [3.05, 3.63) is 38.4 Å². The first kappa shape index (κ1) is 14.7. The number of sulfonamides is 1. The predicted octanol–water partition coefficient (Wildman–Crippen LogP) is 2.31. The summed E-state index contributed by atoms with van der Waals surface area (Å²) >= 11 is 2.47. The molecular weight excluding hydrogens is 330 g/mol. The number of hydrogen-bond acceptors (Lipinski definition) is 6. The van der Waals surface area contributed by atoms with Gasteiger partial charge in [0.25, 0.3) is 15.9 Å². The smallest absolute Gasteiger partial charge is 0.275 e. The Morgan fingerprint density at radius 2 is 2.14 bits per heavy atom. The highest BCUT2D eigenvalue weighted by Gasteiger charge is 2.23. The van der Waals surface area contributed by atoms with E-state index < -0.39 is 15.9 Å². The lowest BCUT2D eigenvalue weighted by Gasteiger charge is -2.10. The molecule has 0 unspecified atom stereocenters. The molecular formula is C13H13NO4S3. The van der Waals surface area contributed by atoms with E-state index in [4.69, 9.17) is 4.74 Å². The Balaban J connectivity index is 1.81. The van der Waals surface area contributed by atoms with E-state index in [1.165, 1.54) is 17.4 Å². The molecule has 2 aromatic heterocycles. The zero-order chi connectivity index (χ0) is 15.0. The molecule has 3 heterocycles. The van der Waals surface area contributed by atoms with Crippen LogP contribution >= 0.6 is 22.7 Å². The molecule has 1 aliphatic rings. The lowest BCUT2D eigenvalue weighted by molar-refractivity contribution is 0.0985. The average Bonchev–Trinajstić information content (AvgIpc) is 3.04. The first-order valence-corrected chi connectivity index (χ1v) is 9.40. The third kappa shape index (κ3) is 3.03. The number of ether oxygens (including phenoxy) is 1. The minimum absolute atomic E-state index is 0.151. The van der Waals surface area contributed by atoms with E-state index in [1.54, 1.807) is 12.1 Å². The van der Waals surface area contributed by atoms with E-state index in [0.717, 1.165) is 33.1 Å². The molecule has 0 aliphatic carbocycles. The number of rotatable bonds is 3. The van der Waals surface area contributed by atoms with Crippen LogP contribution in [0.1, 0.15) is 25.0 Å². The van der Waals surface area contributed by atoms with Gasteiger partial charge in [0.2, 0.25) is 0 Å². The largest absolute Gasteiger partial charge is 0.376 e. The van der Waals surface area contributed by atoms with Crippen molar-refractivity contribution >= 4 is 38.6 Å². The number of aryl methyl sites for hydroxylation is 1. The Hall–Kier alpha value is -1.22. The maximum atomic E-state index is 12.1. The number of hydrogen-bond donors (Lipinski definition) is 1. The number of thiophene rings is 2. The molecule has 8 heteroatoms. The van der Waals surface area contributed by atoms with Crippen molar-refractivity contribution in [2.45, 2.75) is 24.2 Å². The van der Waals surface area contributed by atoms with Crippen molar-refractivity contribution in [2.75, 3.05) is 6.61 Å². The van der Waals surface area contributed by atoms with Gasteiger partial charge in [0.15, 0.2) is 0 Å². The zero-order valence-electron chi connectivity index (χ0n) is 11.2. The first-order valence-electron chi connectivity index (χ1n) is 6.28. The van der Waals surface area contributed by atoms with E-state index in [-0.39, 0.29) is 4.21 Å². The van der Waals surface area contributed by atoms with Gasteiger partial charge in [0, 0.05) is 16.2 Å². The van der Waals surface area contributed by atoms with Gasteiger partial charge >= 0.3 is 0 Å². The van der Waals surface area contributed by atoms with Crippen molar-refractivity contribution in [1.29, 1.82) is 0 Å². The average molecular weight is 343 g/mol. The van der Waals surface area contributed by atoms with Gasteiger partial charge in [-0.3, -0.25) is 4.79 Å². The Kier molecular flexibility index (Phi) is 3.87. The van der Waals surface area contributed by atoms with Crippen LogP contribution < -0.4 is 4.72 Å². The Bertz CT molecular complexity index is 765. The standard InChI is InChI=1S/C13H13NO4S3/c1-8-2-3-12(19-8)21(16,17)14-13(15)11-6-9-7-18-5-4-10(9)20-11/h2-3,6H,4-5,7H2,1H3,(H,14,15). The van der Waals surface area contributed by atoms with Crippen LogP contribution in [-0.4, -0.2) is 20.9 Å². The summed E-state index contributed by atoms with van der Waals surface area (Å²) in [6.45, 7) is 2.94. The summed E-state index contributed by atoms with van der Waals surface area (Å²) in [5, 5.41) is 0. The van der Waals surface area contributed by atoms with Gasteiger partial charge in [-0.05, 0) is 30.7 Å². The van der Waals surface area contributed by atoms with Crippen LogP contribution in [0.5, 0.6) is 0 Å². The minimum atomic E-state index is -3.79. The van der Waals surface area contributed by atoms with Crippen LogP contribution in [0.4, 0.5) is 0 Å². The van der Waals surface area contributed by atoms with Crippen molar-refractivity contribution in [2.24, 2.45) is 0 Å². The van der Waals surface area contributed by atoms with Gasteiger partial charge in [-0.15, -0.1) is 22.7 Å². The number of nitrogens with one attached hydrogen (secondary N) is 1. The molecule has 0 aromatic carbocycles. The number of carbonyl (C=O) groups is 1. The fourth-order valence-electron chi connectivity index (χ4n) is 2.04. The number of amides is 1. The van der Waals surface area contributed by atoms with E-state index in [2.05, 4.69) is 4.72 Å². The fraction of sp³-hybridized carbons (Fsp3) is 0.308. The molecule has 0 fully saturated rings. The highest BCUT2D eigenvalue weighted by atomic mass is 32.2. The third-order valence-electron chi connectivity index (χ3n) is 3.06. The Labute approximate surface area is 130 Å². The number of carbonyl (C=O) groups excluding carboxylic acids is 1. The second-order valence-electron chi connectivity index (χ2n) is 4.66. The van der Waals surface area contributed by atoms with Gasteiger partial charge in [0.1, 0.15) is 4.21 Å². The second kappa shape index (κ2) is 5.53. The molecule has 5 nitrogen and oxygen atoms in total. The maximum Gasteiger partial charge on any atom is 0.275 e. The fourth-order valence-corrected chi connectivity index (χ4v) is 5.40. The first-order chi connectivity index (χ1) is 9.95. The molecule has 1 N–H and O–H groups in total. The molecule has 0 spiro atoms. The molecule has 0 saturated heterocycles. The molecule has 1 amide bonds. The van der Waals surface area contributed by atoms with E-state index >= 15 is 0 Å². The van der Waals surface area contributed by atoms with Crippen molar-refractivity contribution in [3.63, 3.8) is 0 Å². The van der Waals surface area contributed by atoms with Gasteiger partial charge in [-0.2, -0.15) is 0 Å². The summed E-state index contributed by atoms with van der Waals surface area (Å²) < 4.78 is 31.9. The lowest BCUT2D eigenvalue weighted by Crippen LogP contribution is -2.29. The second-order valence-corrected chi connectivity index (χ2v) is 9.00. The lowest BCUT2D eigenvalue weighted by atomic mass is 10.2. The molecule has 3 rings (SSSR count). The van der Waals surface area contributed by atoms with Crippen molar-refractivity contribution in [1.82, 2.24) is 4.72 Å². The third-order valence-corrected chi connectivity index (χ3v) is 7.12. The van der Waals surface area contributed by atoms with Crippen LogP contribution in [0.15, 0.2) is 22.4 Å². The topological polar surface area (TPSA) is 72.5 Å². The molecule has 112 valence electrons. The highest BCUT2D eigenvalue weighted by molar-refractivity contribution is 7.92. The molecule has 1 aliphatic heterocycles. The Morgan fingerprint density at radius 3 is 2.81 bits per heavy atom. The van der Waals surface area contributed by atoms with Crippen LogP contribution in [0.3, 0.4) is 0 Å².